The number of ketones is 1. The number of nitrogens with two attached hydrogens (primary N) is 1. The molecule has 140 valence electrons. The molecule has 6 nitrogen and oxygen atoms in total. The molecule has 0 saturated carbocycles. The van der Waals surface area contributed by atoms with Crippen LogP contribution in [0.2, 0.25) is 5.02 Å². The number of halogens is 1. The quantitative estimate of drug-likeness (QED) is 0.856. The fourth-order valence-electron chi connectivity index (χ4n) is 4.19. The zero-order valence-electron chi connectivity index (χ0n) is 15.2. The van der Waals surface area contributed by atoms with Gasteiger partial charge in [-0.1, -0.05) is 48.8 Å². The van der Waals surface area contributed by atoms with E-state index in [0.717, 1.165) is 0 Å². The topological polar surface area (TPSA) is 89.4 Å². The van der Waals surface area contributed by atoms with Crippen molar-refractivity contribution in [3.63, 3.8) is 0 Å². The van der Waals surface area contributed by atoms with Crippen LogP contribution in [0.25, 0.3) is 11.3 Å². The second-order valence-electron chi connectivity index (χ2n) is 8.07. The van der Waals surface area contributed by atoms with Gasteiger partial charge in [0.2, 0.25) is 5.76 Å². The highest BCUT2D eigenvalue weighted by Gasteiger charge is 2.52. The summed E-state index contributed by atoms with van der Waals surface area (Å²) < 4.78 is 5.25. The molecule has 2 aromatic rings. The highest BCUT2D eigenvalue weighted by atomic mass is 35.5. The fraction of sp³-hybridized carbons (Fsp3) is 0.350. The summed E-state index contributed by atoms with van der Waals surface area (Å²) in [5.41, 5.74) is 6.68. The van der Waals surface area contributed by atoms with Crippen molar-refractivity contribution in [2.45, 2.75) is 20.3 Å². The maximum absolute atomic E-state index is 12.7. The zero-order valence-corrected chi connectivity index (χ0v) is 15.9. The molecule has 1 aliphatic carbocycles. The van der Waals surface area contributed by atoms with Crippen molar-refractivity contribution in [1.29, 1.82) is 0 Å². The third-order valence-electron chi connectivity index (χ3n) is 5.30. The van der Waals surface area contributed by atoms with Crippen molar-refractivity contribution in [2.24, 2.45) is 16.6 Å². The fourth-order valence-corrected chi connectivity index (χ4v) is 4.42. The Morgan fingerprint density at radius 2 is 2.00 bits per heavy atom. The van der Waals surface area contributed by atoms with Crippen molar-refractivity contribution in [1.82, 2.24) is 10.1 Å². The summed E-state index contributed by atoms with van der Waals surface area (Å²) in [4.78, 5) is 26.6. The van der Waals surface area contributed by atoms with Gasteiger partial charge in [-0.3, -0.25) is 9.59 Å². The van der Waals surface area contributed by atoms with Crippen molar-refractivity contribution >= 4 is 23.3 Å². The van der Waals surface area contributed by atoms with Crippen LogP contribution in [0.15, 0.2) is 46.6 Å². The first kappa shape index (κ1) is 17.8. The maximum Gasteiger partial charge on any atom is 0.292 e. The molecule has 2 aliphatic rings. The van der Waals surface area contributed by atoms with Gasteiger partial charge in [0.15, 0.2) is 5.78 Å². The van der Waals surface area contributed by atoms with E-state index >= 15 is 0 Å². The summed E-state index contributed by atoms with van der Waals surface area (Å²) in [6.45, 7) is 4.80. The largest absolute Gasteiger partial charge is 0.396 e. The lowest BCUT2D eigenvalue weighted by Gasteiger charge is -2.53. The van der Waals surface area contributed by atoms with E-state index in [2.05, 4.69) is 5.16 Å². The Morgan fingerprint density at radius 1 is 1.30 bits per heavy atom. The van der Waals surface area contributed by atoms with Gasteiger partial charge in [0.1, 0.15) is 5.69 Å². The van der Waals surface area contributed by atoms with Gasteiger partial charge in [-0.2, -0.15) is 0 Å². The van der Waals surface area contributed by atoms with E-state index in [0.29, 0.717) is 41.5 Å². The van der Waals surface area contributed by atoms with E-state index in [1.54, 1.807) is 17.0 Å². The first-order valence-corrected chi connectivity index (χ1v) is 9.13. The van der Waals surface area contributed by atoms with Crippen LogP contribution in [0, 0.1) is 10.8 Å². The molecule has 1 fully saturated rings. The number of carbonyl (C=O) groups is 2. The van der Waals surface area contributed by atoms with Crippen LogP contribution in [0.4, 0.5) is 0 Å². The molecule has 7 heteroatoms. The minimum Gasteiger partial charge on any atom is -0.396 e. The van der Waals surface area contributed by atoms with E-state index in [1.807, 2.05) is 38.1 Å². The zero-order chi connectivity index (χ0) is 19.4. The number of hydrogen-bond acceptors (Lipinski definition) is 5. The lowest BCUT2D eigenvalue weighted by Crippen LogP contribution is -2.61. The van der Waals surface area contributed by atoms with Crippen LogP contribution in [0.1, 0.15) is 30.8 Å². The van der Waals surface area contributed by atoms with Crippen LogP contribution >= 0.6 is 11.6 Å². The molecule has 0 atom stereocenters. The second kappa shape index (κ2) is 5.96. The summed E-state index contributed by atoms with van der Waals surface area (Å²) in [6, 6.07) is 8.86. The van der Waals surface area contributed by atoms with Gasteiger partial charge >= 0.3 is 0 Å². The monoisotopic (exact) mass is 385 g/mol. The van der Waals surface area contributed by atoms with Crippen LogP contribution in [-0.4, -0.2) is 34.8 Å². The van der Waals surface area contributed by atoms with E-state index < -0.39 is 5.41 Å². The number of likely N-dealkylation sites (tertiary alicyclic amines) is 1. The number of nitrogens with zero attached hydrogens (tertiary/aromatic N) is 2. The lowest BCUT2D eigenvalue weighted by molar-refractivity contribution is -0.127. The highest BCUT2D eigenvalue weighted by molar-refractivity contribution is 6.33. The summed E-state index contributed by atoms with van der Waals surface area (Å²) >= 11 is 6.18. The molecule has 1 spiro atoms. The summed E-state index contributed by atoms with van der Waals surface area (Å²) in [5.74, 6) is -0.0894. The third kappa shape index (κ3) is 2.94. The second-order valence-corrected chi connectivity index (χ2v) is 8.48. The molecule has 1 aromatic heterocycles. The third-order valence-corrected chi connectivity index (χ3v) is 5.63. The number of carbonyl (C=O) groups excluding carboxylic acids is 2. The predicted molar refractivity (Wildman–Crippen MR) is 101 cm³/mol. The standard InChI is InChI=1S/C20H20ClN3O3/c1-19(2)9-20(8-14(22)17(19)25)10-24(11-20)18(26)16-7-15(23-27-16)12-5-3-4-6-13(12)21/h3-8H,9-11,22H2,1-2H3. The Balaban J connectivity index is 1.51. The Kier molecular flexibility index (Phi) is 3.93. The van der Waals surface area contributed by atoms with Crippen LogP contribution in [-0.2, 0) is 4.79 Å². The van der Waals surface area contributed by atoms with Crippen LogP contribution in [0.3, 0.4) is 0 Å². The number of benzene rings is 1. The molecular weight excluding hydrogens is 366 g/mol. The SMILES string of the molecule is CC1(C)CC2(C=C(N)C1=O)CN(C(=O)c1cc(-c3ccccc3Cl)no1)C2. The highest BCUT2D eigenvalue weighted by Crippen LogP contribution is 2.47. The molecular formula is C20H20ClN3O3. The molecule has 1 aliphatic heterocycles. The van der Waals surface area contributed by atoms with Gasteiger partial charge in [0.25, 0.3) is 5.91 Å². The molecule has 1 aromatic carbocycles. The molecule has 1 saturated heterocycles. The number of rotatable bonds is 2. The number of aromatic nitrogens is 1. The van der Waals surface area contributed by atoms with Gasteiger partial charge in [0, 0.05) is 35.5 Å². The van der Waals surface area contributed by atoms with Crippen LogP contribution in [0.5, 0.6) is 0 Å². The molecule has 0 unspecified atom stereocenters. The van der Waals surface area contributed by atoms with E-state index in [9.17, 15) is 9.59 Å². The van der Waals surface area contributed by atoms with Crippen molar-refractivity contribution < 1.29 is 14.1 Å². The molecule has 27 heavy (non-hydrogen) atoms. The first-order chi connectivity index (χ1) is 12.7. The molecule has 2 heterocycles. The number of Topliss-reactive ketones (excluding diaryl/α,β-unsaturated/α-hetero) is 1. The minimum atomic E-state index is -0.516. The smallest absolute Gasteiger partial charge is 0.292 e. The Hall–Kier alpha value is -2.60. The summed E-state index contributed by atoms with van der Waals surface area (Å²) in [6.07, 6.45) is 2.49. The molecule has 4 rings (SSSR count). The lowest BCUT2D eigenvalue weighted by atomic mass is 9.62. The molecule has 0 bridgehead atoms. The van der Waals surface area contributed by atoms with E-state index in [1.165, 1.54) is 0 Å². The number of hydrogen-bond donors (Lipinski definition) is 1. The normalized spacial score (nSPS) is 20.3. The molecule has 0 radical (unpaired) electrons. The number of amides is 1. The number of allylic oxidation sites excluding steroid dienone is 1. The van der Waals surface area contributed by atoms with Crippen molar-refractivity contribution in [3.8, 4) is 11.3 Å². The van der Waals surface area contributed by atoms with Crippen molar-refractivity contribution in [3.05, 3.63) is 52.9 Å². The minimum absolute atomic E-state index is 0.0301. The van der Waals surface area contributed by atoms with Crippen LogP contribution < -0.4 is 5.73 Å². The average molecular weight is 386 g/mol. The molecule has 1 amide bonds. The van der Waals surface area contributed by atoms with Crippen molar-refractivity contribution in [2.75, 3.05) is 13.1 Å². The van der Waals surface area contributed by atoms with Gasteiger partial charge in [-0.15, -0.1) is 0 Å². The first-order valence-electron chi connectivity index (χ1n) is 8.75. The van der Waals surface area contributed by atoms with E-state index in [-0.39, 0.29) is 22.9 Å². The van der Waals surface area contributed by atoms with Gasteiger partial charge < -0.3 is 15.2 Å². The average Bonchev–Trinajstić information content (AvgIpc) is 3.06. The Labute approximate surface area is 161 Å². The van der Waals surface area contributed by atoms with Gasteiger partial charge in [0.05, 0.1) is 10.7 Å². The van der Waals surface area contributed by atoms with E-state index in [4.69, 9.17) is 21.9 Å². The van der Waals surface area contributed by atoms with Gasteiger partial charge in [-0.25, -0.2) is 0 Å². The Morgan fingerprint density at radius 3 is 2.67 bits per heavy atom. The van der Waals surface area contributed by atoms with Gasteiger partial charge in [-0.05, 0) is 18.6 Å². The Bertz CT molecular complexity index is 970. The summed E-state index contributed by atoms with van der Waals surface area (Å²) in [7, 11) is 0. The maximum atomic E-state index is 12.7. The molecule has 2 N–H and O–H groups in total. The summed E-state index contributed by atoms with van der Waals surface area (Å²) in [5, 5.41) is 4.52. The predicted octanol–water partition coefficient (Wildman–Crippen LogP) is 3.28.